The first-order chi connectivity index (χ1) is 15.2. The maximum Gasteiger partial charge on any atom is 0.327 e. The van der Waals surface area contributed by atoms with Crippen LogP contribution in [0.2, 0.25) is 0 Å². The molecule has 1 unspecified atom stereocenters. The van der Waals surface area contributed by atoms with Crippen LogP contribution in [0, 0.1) is 0 Å². The highest BCUT2D eigenvalue weighted by molar-refractivity contribution is 7.99. The first-order valence-corrected chi connectivity index (χ1v) is 11.7. The molecule has 3 aromatic heterocycles. The summed E-state index contributed by atoms with van der Waals surface area (Å²) in [6, 6.07) is 4.49. The molecule has 9 heteroatoms. The van der Waals surface area contributed by atoms with Crippen LogP contribution < -0.4 is 15.6 Å². The Morgan fingerprint density at radius 3 is 2.69 bits per heavy atom. The third-order valence-corrected chi connectivity index (χ3v) is 6.96. The Hall–Kier alpha value is -2.94. The summed E-state index contributed by atoms with van der Waals surface area (Å²) in [4.78, 5) is 29.8. The number of carbonyl (C=O) groups is 1. The molecule has 0 bridgehead atoms. The third kappa shape index (κ3) is 3.44. The second kappa shape index (κ2) is 7.30. The smallest absolute Gasteiger partial charge is 0.327 e. The number of ether oxygens (including phenoxy) is 1. The highest BCUT2D eigenvalue weighted by Crippen LogP contribution is 2.51. The highest BCUT2D eigenvalue weighted by Gasteiger charge is 2.39. The molecule has 1 saturated carbocycles. The van der Waals surface area contributed by atoms with Gasteiger partial charge in [-0.05, 0) is 51.2 Å². The zero-order chi connectivity index (χ0) is 22.8. The lowest BCUT2D eigenvalue weighted by atomic mass is 10.0. The van der Waals surface area contributed by atoms with Crippen molar-refractivity contribution in [1.29, 1.82) is 0 Å². The number of aliphatic carboxylic acids is 1. The summed E-state index contributed by atoms with van der Waals surface area (Å²) < 4.78 is 8.81. The molecule has 0 amide bonds. The van der Waals surface area contributed by atoms with E-state index >= 15 is 0 Å². The Balaban J connectivity index is 1.79. The minimum atomic E-state index is -0.970. The number of rotatable bonds is 5. The second-order valence-corrected chi connectivity index (χ2v) is 10.4. The number of anilines is 1. The Labute approximate surface area is 189 Å². The summed E-state index contributed by atoms with van der Waals surface area (Å²) in [7, 11) is 1.62. The Morgan fingerprint density at radius 2 is 2.06 bits per heavy atom. The van der Waals surface area contributed by atoms with Crippen molar-refractivity contribution in [3.05, 3.63) is 40.3 Å². The number of imidazole rings is 1. The number of carboxylic acid groups (broad SMARTS) is 1. The first-order valence-electron chi connectivity index (χ1n) is 10.7. The standard InChI is InChI=1S/C23H26N4O4S/c1-23(2,3)25-20-19(24-16-9-13(31-4)7-8-26(16)20)14-10-17(28)27-15(22(29)30)11-32-21(27)18(14)12-5-6-12/h7-10,12,15,25H,5-6,11H2,1-4H3,(H,29,30). The summed E-state index contributed by atoms with van der Waals surface area (Å²) in [5, 5.41) is 14.0. The minimum absolute atomic E-state index is 0.237. The van der Waals surface area contributed by atoms with E-state index in [2.05, 4.69) is 26.1 Å². The summed E-state index contributed by atoms with van der Waals surface area (Å²) in [6.45, 7) is 6.23. The molecule has 0 aromatic carbocycles. The zero-order valence-corrected chi connectivity index (χ0v) is 19.3. The number of thioether (sulfide) groups is 1. The van der Waals surface area contributed by atoms with Crippen molar-refractivity contribution in [1.82, 2.24) is 14.0 Å². The van der Waals surface area contributed by atoms with Gasteiger partial charge in [0, 0.05) is 35.2 Å². The number of nitrogens with one attached hydrogen (secondary N) is 1. The zero-order valence-electron chi connectivity index (χ0n) is 18.5. The maximum atomic E-state index is 13.1. The van der Waals surface area contributed by atoms with Crippen molar-refractivity contribution < 1.29 is 14.6 Å². The molecule has 5 rings (SSSR count). The lowest BCUT2D eigenvalue weighted by Gasteiger charge is -2.23. The molecule has 168 valence electrons. The lowest BCUT2D eigenvalue weighted by molar-refractivity contribution is -0.140. The van der Waals surface area contributed by atoms with Crippen molar-refractivity contribution >= 4 is 29.2 Å². The Bertz CT molecular complexity index is 1300. The van der Waals surface area contributed by atoms with Crippen molar-refractivity contribution in [3.8, 4) is 17.0 Å². The van der Waals surface area contributed by atoms with Gasteiger partial charge in [0.1, 0.15) is 29.0 Å². The Morgan fingerprint density at radius 1 is 1.31 bits per heavy atom. The molecule has 3 aromatic rings. The molecule has 1 fully saturated rings. The predicted octanol–water partition coefficient (Wildman–Crippen LogP) is 3.99. The largest absolute Gasteiger partial charge is 0.497 e. The fourth-order valence-corrected chi connectivity index (χ4v) is 5.65. The van der Waals surface area contributed by atoms with Gasteiger partial charge in [0.15, 0.2) is 0 Å². The average Bonchev–Trinajstić information content (AvgIpc) is 3.35. The van der Waals surface area contributed by atoms with Crippen LogP contribution in [-0.4, -0.2) is 43.4 Å². The normalized spacial score (nSPS) is 18.1. The quantitative estimate of drug-likeness (QED) is 0.601. The van der Waals surface area contributed by atoms with Gasteiger partial charge in [0.05, 0.1) is 12.1 Å². The number of nitrogens with zero attached hydrogens (tertiary/aromatic N) is 3. The predicted molar refractivity (Wildman–Crippen MR) is 124 cm³/mol. The van der Waals surface area contributed by atoms with Gasteiger partial charge in [-0.25, -0.2) is 9.78 Å². The van der Waals surface area contributed by atoms with Gasteiger partial charge in [0.25, 0.3) is 5.56 Å². The number of hydrogen-bond acceptors (Lipinski definition) is 6. The molecule has 1 aliphatic carbocycles. The SMILES string of the molecule is COc1ccn2c(NC(C)(C)C)c(-c3cc(=O)n4c(c3C3CC3)SCC4C(=O)O)nc2c1. The van der Waals surface area contributed by atoms with E-state index in [9.17, 15) is 14.7 Å². The number of methoxy groups -OCH3 is 1. The fraction of sp³-hybridized carbons (Fsp3) is 0.435. The molecule has 4 heterocycles. The second-order valence-electron chi connectivity index (χ2n) is 9.40. The molecule has 0 saturated heterocycles. The third-order valence-electron chi connectivity index (χ3n) is 5.79. The van der Waals surface area contributed by atoms with Crippen LogP contribution in [0.25, 0.3) is 16.9 Å². The van der Waals surface area contributed by atoms with Gasteiger partial charge >= 0.3 is 5.97 Å². The van der Waals surface area contributed by atoms with E-state index in [4.69, 9.17) is 9.72 Å². The highest BCUT2D eigenvalue weighted by atomic mass is 32.2. The molecule has 1 atom stereocenters. The fourth-order valence-electron chi connectivity index (χ4n) is 4.25. The van der Waals surface area contributed by atoms with Crippen molar-refractivity contribution in [2.45, 2.75) is 56.1 Å². The van der Waals surface area contributed by atoms with Crippen molar-refractivity contribution in [2.24, 2.45) is 0 Å². The van der Waals surface area contributed by atoms with Crippen molar-refractivity contribution in [2.75, 3.05) is 18.2 Å². The van der Waals surface area contributed by atoms with E-state index < -0.39 is 12.0 Å². The summed E-state index contributed by atoms with van der Waals surface area (Å²) >= 11 is 1.46. The number of pyridine rings is 2. The van der Waals surface area contributed by atoms with Gasteiger partial charge in [-0.15, -0.1) is 11.8 Å². The maximum absolute atomic E-state index is 13.1. The van der Waals surface area contributed by atoms with Gasteiger partial charge in [-0.2, -0.15) is 0 Å². The molecule has 32 heavy (non-hydrogen) atoms. The van der Waals surface area contributed by atoms with E-state index in [0.717, 1.165) is 34.8 Å². The van der Waals surface area contributed by atoms with Crippen LogP contribution in [0.1, 0.15) is 51.1 Å². The number of aromatic nitrogens is 3. The number of hydrogen-bond donors (Lipinski definition) is 2. The van der Waals surface area contributed by atoms with Gasteiger partial charge < -0.3 is 15.2 Å². The van der Waals surface area contributed by atoms with E-state index in [1.165, 1.54) is 16.3 Å². The average molecular weight is 455 g/mol. The molecule has 0 radical (unpaired) electrons. The number of fused-ring (bicyclic) bond motifs is 2. The van der Waals surface area contributed by atoms with Crippen LogP contribution in [0.4, 0.5) is 5.82 Å². The van der Waals surface area contributed by atoms with Gasteiger partial charge in [0.2, 0.25) is 0 Å². The Kier molecular flexibility index (Phi) is 4.77. The van der Waals surface area contributed by atoms with Crippen LogP contribution >= 0.6 is 11.8 Å². The molecule has 8 nitrogen and oxygen atoms in total. The summed E-state index contributed by atoms with van der Waals surface area (Å²) in [6.07, 6.45) is 3.96. The molecule has 0 spiro atoms. The van der Waals surface area contributed by atoms with Crippen LogP contribution in [-0.2, 0) is 4.79 Å². The summed E-state index contributed by atoms with van der Waals surface area (Å²) in [5.74, 6) is 1.21. The molecule has 2 N–H and O–H groups in total. The molecule has 2 aliphatic rings. The monoisotopic (exact) mass is 454 g/mol. The first kappa shape index (κ1) is 20.9. The van der Waals surface area contributed by atoms with Crippen LogP contribution in [0.15, 0.2) is 34.2 Å². The molecule has 1 aliphatic heterocycles. The topological polar surface area (TPSA) is 97.9 Å². The van der Waals surface area contributed by atoms with E-state index in [-0.39, 0.29) is 11.1 Å². The number of carboxylic acids is 1. The van der Waals surface area contributed by atoms with Crippen LogP contribution in [0.3, 0.4) is 0 Å². The van der Waals surface area contributed by atoms with E-state index in [1.54, 1.807) is 13.2 Å². The lowest BCUT2D eigenvalue weighted by Crippen LogP contribution is -2.29. The minimum Gasteiger partial charge on any atom is -0.497 e. The van der Waals surface area contributed by atoms with E-state index in [1.807, 2.05) is 22.7 Å². The van der Waals surface area contributed by atoms with Crippen LogP contribution in [0.5, 0.6) is 5.75 Å². The van der Waals surface area contributed by atoms with E-state index in [0.29, 0.717) is 28.8 Å². The van der Waals surface area contributed by atoms with Crippen molar-refractivity contribution in [3.63, 3.8) is 0 Å². The molecular weight excluding hydrogens is 428 g/mol. The van der Waals surface area contributed by atoms with Gasteiger partial charge in [-0.3, -0.25) is 13.8 Å². The summed E-state index contributed by atoms with van der Waals surface area (Å²) in [5.41, 5.74) is 2.72. The van der Waals surface area contributed by atoms with Gasteiger partial charge in [-0.1, -0.05) is 0 Å². The molecular formula is C23H26N4O4S.